The molecule has 0 saturated carbocycles. The highest BCUT2D eigenvalue weighted by Crippen LogP contribution is 2.43. The van der Waals surface area contributed by atoms with Gasteiger partial charge in [-0.25, -0.2) is 0 Å². The second-order valence-electron chi connectivity index (χ2n) is 8.73. The predicted molar refractivity (Wildman–Crippen MR) is 129 cm³/mol. The van der Waals surface area contributed by atoms with Crippen molar-refractivity contribution < 1.29 is 37.3 Å². The SMILES string of the molecule is CC(C)COc1ccc(/C(O)=C2\C(=O)C(=O)N(c3cccc(OC(F)(F)F)c3)C2c2cccnc2)cc1. The number of carbonyl (C=O) groups excluding carboxylic acids is 2. The fourth-order valence-corrected chi connectivity index (χ4v) is 3.91. The van der Waals surface area contributed by atoms with Crippen LogP contribution in [0.3, 0.4) is 0 Å². The molecule has 1 atom stereocenters. The summed E-state index contributed by atoms with van der Waals surface area (Å²) < 4.78 is 48.0. The van der Waals surface area contributed by atoms with Crippen LogP contribution in [0.2, 0.25) is 0 Å². The van der Waals surface area contributed by atoms with E-state index in [1.54, 1.807) is 36.4 Å². The summed E-state index contributed by atoms with van der Waals surface area (Å²) in [5.41, 5.74) is 0.394. The van der Waals surface area contributed by atoms with Gasteiger partial charge in [0, 0.05) is 29.7 Å². The molecule has 0 bridgehead atoms. The first-order chi connectivity index (χ1) is 17.5. The van der Waals surface area contributed by atoms with Crippen LogP contribution in [0, 0.1) is 5.92 Å². The fraction of sp³-hybridized carbons (Fsp3) is 0.222. The van der Waals surface area contributed by atoms with Gasteiger partial charge in [0.15, 0.2) is 0 Å². The van der Waals surface area contributed by atoms with Crippen molar-refractivity contribution in [3.63, 3.8) is 0 Å². The van der Waals surface area contributed by atoms with Gasteiger partial charge >= 0.3 is 6.36 Å². The molecule has 1 unspecified atom stereocenters. The Balaban J connectivity index is 1.79. The first kappa shape index (κ1) is 25.7. The van der Waals surface area contributed by atoms with E-state index in [9.17, 15) is 27.9 Å². The number of Topliss-reactive ketones (excluding diaryl/α,β-unsaturated/α-hetero) is 1. The minimum absolute atomic E-state index is 0.0193. The van der Waals surface area contributed by atoms with E-state index in [0.717, 1.165) is 17.0 Å². The zero-order valence-corrected chi connectivity index (χ0v) is 19.9. The summed E-state index contributed by atoms with van der Waals surface area (Å²) in [6.07, 6.45) is -2.04. The summed E-state index contributed by atoms with van der Waals surface area (Å²) in [5.74, 6) is -2.13. The van der Waals surface area contributed by atoms with Gasteiger partial charge in [-0.2, -0.15) is 0 Å². The van der Waals surface area contributed by atoms with Crippen molar-refractivity contribution in [2.75, 3.05) is 11.5 Å². The van der Waals surface area contributed by atoms with Crippen molar-refractivity contribution in [3.05, 3.63) is 89.8 Å². The number of pyridine rings is 1. The standard InChI is InChI=1S/C27H23F3N2O5/c1-16(2)15-36-20-10-8-17(9-11-20)24(33)22-23(18-5-4-12-31-14-18)32(26(35)25(22)34)19-6-3-7-21(13-19)37-27(28,29)30/h3-14,16,23,33H,15H2,1-2H3/b24-22+. The Morgan fingerprint density at radius 3 is 2.41 bits per heavy atom. The van der Waals surface area contributed by atoms with Crippen LogP contribution < -0.4 is 14.4 Å². The number of aliphatic hydroxyl groups is 1. The molecule has 0 radical (unpaired) electrons. The smallest absolute Gasteiger partial charge is 0.507 e. The van der Waals surface area contributed by atoms with Gasteiger partial charge in [0.2, 0.25) is 0 Å². The molecule has 2 aromatic carbocycles. The number of hydrogen-bond acceptors (Lipinski definition) is 6. The van der Waals surface area contributed by atoms with E-state index in [1.165, 1.54) is 24.5 Å². The monoisotopic (exact) mass is 512 g/mol. The quantitative estimate of drug-likeness (QED) is 0.250. The third kappa shape index (κ3) is 5.74. The summed E-state index contributed by atoms with van der Waals surface area (Å²) in [6.45, 7) is 4.50. The number of hydrogen-bond donors (Lipinski definition) is 1. The molecule has 1 fully saturated rings. The number of anilines is 1. The minimum Gasteiger partial charge on any atom is -0.507 e. The topological polar surface area (TPSA) is 89.0 Å². The van der Waals surface area contributed by atoms with E-state index in [1.807, 2.05) is 13.8 Å². The fourth-order valence-electron chi connectivity index (χ4n) is 3.91. The Hall–Kier alpha value is -4.34. The van der Waals surface area contributed by atoms with Crippen molar-refractivity contribution in [3.8, 4) is 11.5 Å². The lowest BCUT2D eigenvalue weighted by atomic mass is 9.96. The van der Waals surface area contributed by atoms with Crippen molar-refractivity contribution in [1.82, 2.24) is 4.98 Å². The number of aromatic nitrogens is 1. The Kier molecular flexibility index (Phi) is 7.19. The Labute approximate surface area is 210 Å². The molecule has 1 aliphatic rings. The molecule has 1 aliphatic heterocycles. The zero-order valence-electron chi connectivity index (χ0n) is 19.9. The highest BCUT2D eigenvalue weighted by molar-refractivity contribution is 6.51. The molecular formula is C27H23F3N2O5. The number of ketones is 1. The van der Waals surface area contributed by atoms with E-state index >= 15 is 0 Å². The highest BCUT2D eigenvalue weighted by Gasteiger charge is 2.47. The number of carbonyl (C=O) groups is 2. The molecule has 0 aliphatic carbocycles. The maximum Gasteiger partial charge on any atom is 0.573 e. The van der Waals surface area contributed by atoms with Crippen molar-refractivity contribution in [2.45, 2.75) is 26.3 Å². The maximum atomic E-state index is 13.2. The number of benzene rings is 2. The normalized spacial score (nSPS) is 17.4. The molecule has 1 aromatic heterocycles. The van der Waals surface area contributed by atoms with Crippen LogP contribution in [0.15, 0.2) is 78.6 Å². The molecule has 4 rings (SSSR count). The molecular weight excluding hydrogens is 489 g/mol. The van der Waals surface area contributed by atoms with Crippen molar-refractivity contribution in [1.29, 1.82) is 0 Å². The largest absolute Gasteiger partial charge is 0.573 e. The van der Waals surface area contributed by atoms with Gasteiger partial charge in [-0.3, -0.25) is 19.5 Å². The lowest BCUT2D eigenvalue weighted by Gasteiger charge is -2.25. The number of aliphatic hydroxyl groups excluding tert-OH is 1. The maximum absolute atomic E-state index is 13.2. The summed E-state index contributed by atoms with van der Waals surface area (Å²) in [5, 5.41) is 11.2. The number of alkyl halides is 3. The molecule has 2 heterocycles. The van der Waals surface area contributed by atoms with Crippen LogP contribution in [0.1, 0.15) is 31.0 Å². The van der Waals surface area contributed by atoms with Crippen LogP contribution in [0.4, 0.5) is 18.9 Å². The number of nitrogens with zero attached hydrogens (tertiary/aromatic N) is 2. The first-order valence-electron chi connectivity index (χ1n) is 11.3. The molecule has 1 saturated heterocycles. The minimum atomic E-state index is -4.94. The molecule has 0 spiro atoms. The van der Waals surface area contributed by atoms with Gasteiger partial charge in [0.1, 0.15) is 17.3 Å². The second kappa shape index (κ2) is 10.3. The van der Waals surface area contributed by atoms with Crippen LogP contribution in [-0.2, 0) is 9.59 Å². The predicted octanol–water partition coefficient (Wildman–Crippen LogP) is 5.64. The van der Waals surface area contributed by atoms with E-state index in [4.69, 9.17) is 4.74 Å². The Morgan fingerprint density at radius 1 is 1.05 bits per heavy atom. The summed E-state index contributed by atoms with van der Waals surface area (Å²) in [6, 6.07) is 13.1. The van der Waals surface area contributed by atoms with Crippen LogP contribution >= 0.6 is 0 Å². The van der Waals surface area contributed by atoms with Gasteiger partial charge in [-0.05, 0) is 53.9 Å². The third-order valence-electron chi connectivity index (χ3n) is 5.49. The average molecular weight is 512 g/mol. The van der Waals surface area contributed by atoms with Gasteiger partial charge < -0.3 is 14.6 Å². The number of halogens is 3. The van der Waals surface area contributed by atoms with E-state index < -0.39 is 35.6 Å². The molecule has 1 amide bonds. The van der Waals surface area contributed by atoms with Crippen LogP contribution in [-0.4, -0.2) is 34.8 Å². The Bertz CT molecular complexity index is 1320. The summed E-state index contributed by atoms with van der Waals surface area (Å²) in [7, 11) is 0. The summed E-state index contributed by atoms with van der Waals surface area (Å²) >= 11 is 0. The summed E-state index contributed by atoms with van der Waals surface area (Å²) in [4.78, 5) is 31.4. The molecule has 10 heteroatoms. The lowest BCUT2D eigenvalue weighted by Crippen LogP contribution is -2.29. The van der Waals surface area contributed by atoms with E-state index in [-0.39, 0.29) is 16.8 Å². The van der Waals surface area contributed by atoms with Gasteiger partial charge in [0.25, 0.3) is 11.7 Å². The number of rotatable bonds is 7. The first-order valence-corrected chi connectivity index (χ1v) is 11.3. The van der Waals surface area contributed by atoms with Crippen molar-refractivity contribution in [2.24, 2.45) is 5.92 Å². The van der Waals surface area contributed by atoms with Crippen LogP contribution in [0.5, 0.6) is 11.5 Å². The zero-order chi connectivity index (χ0) is 26.7. The van der Waals surface area contributed by atoms with E-state index in [0.29, 0.717) is 23.8 Å². The highest BCUT2D eigenvalue weighted by atomic mass is 19.4. The third-order valence-corrected chi connectivity index (χ3v) is 5.49. The van der Waals surface area contributed by atoms with Crippen molar-refractivity contribution >= 4 is 23.1 Å². The Morgan fingerprint density at radius 2 is 1.78 bits per heavy atom. The molecule has 1 N–H and O–H groups in total. The second-order valence-corrected chi connectivity index (χ2v) is 8.73. The molecule has 3 aromatic rings. The average Bonchev–Trinajstić information content (AvgIpc) is 3.12. The van der Waals surface area contributed by atoms with Gasteiger partial charge in [0.05, 0.1) is 18.2 Å². The molecule has 192 valence electrons. The lowest BCUT2D eigenvalue weighted by molar-refractivity contribution is -0.274. The molecule has 7 nitrogen and oxygen atoms in total. The van der Waals surface area contributed by atoms with Gasteiger partial charge in [-0.15, -0.1) is 13.2 Å². The number of ether oxygens (including phenoxy) is 2. The van der Waals surface area contributed by atoms with Gasteiger partial charge in [-0.1, -0.05) is 26.0 Å². The number of amides is 1. The molecule has 37 heavy (non-hydrogen) atoms. The van der Waals surface area contributed by atoms with Crippen LogP contribution in [0.25, 0.3) is 5.76 Å². The van der Waals surface area contributed by atoms with E-state index in [2.05, 4.69) is 9.72 Å².